The zero-order chi connectivity index (χ0) is 11.3. The maximum atomic E-state index is 6.14. The van der Waals surface area contributed by atoms with Gasteiger partial charge in [-0.25, -0.2) is 0 Å². The van der Waals surface area contributed by atoms with Gasteiger partial charge in [0.2, 0.25) is 0 Å². The molecule has 2 heterocycles. The lowest BCUT2D eigenvalue weighted by Crippen LogP contribution is -2.34. The van der Waals surface area contributed by atoms with E-state index >= 15 is 0 Å². The van der Waals surface area contributed by atoms with E-state index in [2.05, 4.69) is 36.0 Å². The summed E-state index contributed by atoms with van der Waals surface area (Å²) in [5.41, 5.74) is 3.13. The number of fused-ring (bicyclic) bond motifs is 2. The van der Waals surface area contributed by atoms with Crippen LogP contribution in [0.2, 0.25) is 5.02 Å². The molecule has 3 rings (SSSR count). The van der Waals surface area contributed by atoms with E-state index in [0.29, 0.717) is 5.41 Å². The van der Waals surface area contributed by atoms with Crippen molar-refractivity contribution in [3.05, 3.63) is 28.8 Å². The van der Waals surface area contributed by atoms with Gasteiger partial charge >= 0.3 is 0 Å². The Morgan fingerprint density at radius 3 is 2.75 bits per heavy atom. The van der Waals surface area contributed by atoms with Crippen molar-refractivity contribution in [3.8, 4) is 0 Å². The molecule has 0 amide bonds. The average molecular weight is 237 g/mol. The summed E-state index contributed by atoms with van der Waals surface area (Å²) in [7, 11) is 4.39. The van der Waals surface area contributed by atoms with Crippen LogP contribution in [-0.2, 0) is 5.41 Å². The molecule has 0 saturated carbocycles. The Morgan fingerprint density at radius 1 is 1.25 bits per heavy atom. The number of nitrogens with zero attached hydrogens (tertiary/aromatic N) is 2. The first-order valence-corrected chi connectivity index (χ1v) is 6.18. The Kier molecular flexibility index (Phi) is 2.20. The Balaban J connectivity index is 2.10. The van der Waals surface area contributed by atoms with Gasteiger partial charge in [-0.2, -0.15) is 0 Å². The summed E-state index contributed by atoms with van der Waals surface area (Å²) in [6.07, 6.45) is 1.25. The van der Waals surface area contributed by atoms with Gasteiger partial charge in [0.1, 0.15) is 0 Å². The fourth-order valence-corrected chi connectivity index (χ4v) is 3.49. The summed E-state index contributed by atoms with van der Waals surface area (Å²) in [4.78, 5) is 4.79. The maximum absolute atomic E-state index is 6.14. The first-order chi connectivity index (χ1) is 7.61. The van der Waals surface area contributed by atoms with Gasteiger partial charge in [0.05, 0.1) is 0 Å². The van der Waals surface area contributed by atoms with Crippen LogP contribution in [0.3, 0.4) is 0 Å². The molecular formula is C13H17ClN2. The minimum atomic E-state index is 0.323. The lowest BCUT2D eigenvalue weighted by molar-refractivity contribution is 0.378. The van der Waals surface area contributed by atoms with Crippen LogP contribution in [0, 0.1) is 0 Å². The molecule has 86 valence electrons. The number of hydrogen-bond donors (Lipinski definition) is 0. The minimum Gasteiger partial charge on any atom is -0.373 e. The van der Waals surface area contributed by atoms with Crippen LogP contribution in [0.1, 0.15) is 12.0 Å². The van der Waals surface area contributed by atoms with Crippen molar-refractivity contribution in [2.24, 2.45) is 0 Å². The van der Waals surface area contributed by atoms with Gasteiger partial charge in [0.25, 0.3) is 0 Å². The van der Waals surface area contributed by atoms with E-state index in [-0.39, 0.29) is 0 Å². The van der Waals surface area contributed by atoms with Gasteiger partial charge in [-0.05, 0) is 43.8 Å². The topological polar surface area (TPSA) is 6.48 Å². The third-order valence-corrected chi connectivity index (χ3v) is 4.26. The van der Waals surface area contributed by atoms with E-state index in [1.165, 1.54) is 24.2 Å². The highest BCUT2D eigenvalue weighted by Gasteiger charge is 2.45. The second-order valence-corrected chi connectivity index (χ2v) is 5.72. The Hall–Kier alpha value is -0.730. The molecule has 1 aromatic rings. The molecule has 1 spiro atoms. The molecule has 1 atom stereocenters. The van der Waals surface area contributed by atoms with Crippen LogP contribution < -0.4 is 4.90 Å². The van der Waals surface area contributed by atoms with Gasteiger partial charge in [0, 0.05) is 36.3 Å². The molecule has 0 N–H and O–H groups in total. The molecule has 2 nitrogen and oxygen atoms in total. The van der Waals surface area contributed by atoms with Gasteiger partial charge in [-0.15, -0.1) is 0 Å². The number of anilines is 1. The van der Waals surface area contributed by atoms with E-state index in [1.807, 2.05) is 6.07 Å². The third kappa shape index (κ3) is 1.36. The first kappa shape index (κ1) is 10.4. The molecule has 0 bridgehead atoms. The monoisotopic (exact) mass is 236 g/mol. The molecule has 2 aliphatic rings. The highest BCUT2D eigenvalue weighted by Crippen LogP contribution is 2.46. The average Bonchev–Trinajstić information content (AvgIpc) is 2.71. The number of halogens is 1. The van der Waals surface area contributed by atoms with Gasteiger partial charge in [-0.3, -0.25) is 0 Å². The zero-order valence-electron chi connectivity index (χ0n) is 9.83. The van der Waals surface area contributed by atoms with Crippen LogP contribution in [0.5, 0.6) is 0 Å². The van der Waals surface area contributed by atoms with E-state index in [4.69, 9.17) is 11.6 Å². The molecule has 3 heteroatoms. The summed E-state index contributed by atoms with van der Waals surface area (Å²) in [6.45, 7) is 3.48. The number of likely N-dealkylation sites (N-methyl/N-ethyl adjacent to an activating group) is 2. The van der Waals surface area contributed by atoms with Gasteiger partial charge < -0.3 is 9.80 Å². The molecule has 1 fully saturated rings. The molecule has 2 aliphatic heterocycles. The zero-order valence-corrected chi connectivity index (χ0v) is 10.6. The molecule has 16 heavy (non-hydrogen) atoms. The molecule has 0 aliphatic carbocycles. The van der Waals surface area contributed by atoms with Crippen LogP contribution in [0.4, 0.5) is 5.69 Å². The van der Waals surface area contributed by atoms with Crippen molar-refractivity contribution < 1.29 is 0 Å². The molecule has 1 aromatic carbocycles. The van der Waals surface area contributed by atoms with Gasteiger partial charge in [-0.1, -0.05) is 11.6 Å². The summed E-state index contributed by atoms with van der Waals surface area (Å²) in [5.74, 6) is 0. The van der Waals surface area contributed by atoms with E-state index in [9.17, 15) is 0 Å². The first-order valence-electron chi connectivity index (χ1n) is 5.80. The fourth-order valence-electron chi connectivity index (χ4n) is 3.32. The normalized spacial score (nSPS) is 29.1. The minimum absolute atomic E-state index is 0.323. The molecule has 0 aromatic heterocycles. The molecule has 0 unspecified atom stereocenters. The predicted molar refractivity (Wildman–Crippen MR) is 68.5 cm³/mol. The standard InChI is InChI=1S/C13H17ClN2/c1-15-6-5-13(8-15)9-16(2)12-4-3-10(14)7-11(12)13/h3-4,7H,5-6,8-9H2,1-2H3/t13-/m1/s1. The highest BCUT2D eigenvalue weighted by molar-refractivity contribution is 6.30. The van der Waals surface area contributed by atoms with Crippen molar-refractivity contribution in [3.63, 3.8) is 0 Å². The number of rotatable bonds is 0. The molecular weight excluding hydrogens is 220 g/mol. The maximum Gasteiger partial charge on any atom is 0.0410 e. The Morgan fingerprint density at radius 2 is 2.06 bits per heavy atom. The Labute approximate surface area is 102 Å². The van der Waals surface area contributed by atoms with Crippen molar-refractivity contribution in [2.75, 3.05) is 38.6 Å². The van der Waals surface area contributed by atoms with Crippen LogP contribution in [0.15, 0.2) is 18.2 Å². The molecule has 0 radical (unpaired) electrons. The van der Waals surface area contributed by atoms with Crippen molar-refractivity contribution in [1.82, 2.24) is 4.90 Å². The van der Waals surface area contributed by atoms with E-state index in [1.54, 1.807) is 0 Å². The SMILES string of the molecule is CN1CC[C@@]2(C1)CN(C)c1ccc(Cl)cc12. The predicted octanol–water partition coefficient (Wildman–Crippen LogP) is 2.36. The van der Waals surface area contributed by atoms with Crippen molar-refractivity contribution in [2.45, 2.75) is 11.8 Å². The Bertz CT molecular complexity index is 432. The summed E-state index contributed by atoms with van der Waals surface area (Å²) in [6, 6.07) is 6.32. The van der Waals surface area contributed by atoms with Crippen LogP contribution in [-0.4, -0.2) is 38.6 Å². The summed E-state index contributed by atoms with van der Waals surface area (Å²) >= 11 is 6.14. The van der Waals surface area contributed by atoms with Crippen molar-refractivity contribution in [1.29, 1.82) is 0 Å². The number of benzene rings is 1. The smallest absolute Gasteiger partial charge is 0.0410 e. The summed E-state index contributed by atoms with van der Waals surface area (Å²) in [5, 5.41) is 0.864. The van der Waals surface area contributed by atoms with E-state index < -0.39 is 0 Å². The largest absolute Gasteiger partial charge is 0.373 e. The van der Waals surface area contributed by atoms with E-state index in [0.717, 1.165) is 18.1 Å². The highest BCUT2D eigenvalue weighted by atomic mass is 35.5. The lowest BCUT2D eigenvalue weighted by Gasteiger charge is -2.24. The number of likely N-dealkylation sites (tertiary alicyclic amines) is 1. The van der Waals surface area contributed by atoms with Crippen LogP contribution >= 0.6 is 11.6 Å². The fraction of sp³-hybridized carbons (Fsp3) is 0.538. The van der Waals surface area contributed by atoms with Crippen LogP contribution in [0.25, 0.3) is 0 Å². The number of hydrogen-bond acceptors (Lipinski definition) is 2. The third-order valence-electron chi connectivity index (χ3n) is 4.03. The lowest BCUT2D eigenvalue weighted by atomic mass is 9.82. The quantitative estimate of drug-likeness (QED) is 0.683. The van der Waals surface area contributed by atoms with Crippen molar-refractivity contribution >= 4 is 17.3 Å². The second-order valence-electron chi connectivity index (χ2n) is 5.29. The molecule has 1 saturated heterocycles. The van der Waals surface area contributed by atoms with Gasteiger partial charge in [0.15, 0.2) is 0 Å². The second kappa shape index (κ2) is 3.38. The summed E-state index contributed by atoms with van der Waals surface area (Å²) < 4.78 is 0.